The summed E-state index contributed by atoms with van der Waals surface area (Å²) >= 11 is 3.40. The highest BCUT2D eigenvalue weighted by molar-refractivity contribution is 9.10. The van der Waals surface area contributed by atoms with E-state index in [4.69, 9.17) is 0 Å². The SMILES string of the molecule is CNC(C)CC(C)Cc1ccc(F)cc1Br. The van der Waals surface area contributed by atoms with Crippen molar-refractivity contribution in [2.45, 2.75) is 32.7 Å². The molecule has 1 aromatic rings. The Morgan fingerprint density at radius 3 is 2.62 bits per heavy atom. The van der Waals surface area contributed by atoms with Crippen LogP contribution in [0.25, 0.3) is 0 Å². The van der Waals surface area contributed by atoms with Crippen LogP contribution in [-0.2, 0) is 6.42 Å². The van der Waals surface area contributed by atoms with Crippen LogP contribution in [0.1, 0.15) is 25.8 Å². The van der Waals surface area contributed by atoms with Crippen LogP contribution in [-0.4, -0.2) is 13.1 Å². The van der Waals surface area contributed by atoms with Crippen LogP contribution in [0.5, 0.6) is 0 Å². The summed E-state index contributed by atoms with van der Waals surface area (Å²) in [4.78, 5) is 0. The molecule has 1 nitrogen and oxygen atoms in total. The zero-order valence-electron chi connectivity index (χ0n) is 10.1. The molecule has 1 N–H and O–H groups in total. The molecular formula is C13H19BrFN. The van der Waals surface area contributed by atoms with Crippen molar-refractivity contribution in [3.8, 4) is 0 Å². The number of nitrogens with one attached hydrogen (secondary N) is 1. The molecule has 16 heavy (non-hydrogen) atoms. The average molecular weight is 288 g/mol. The standard InChI is InChI=1S/C13H19BrFN/c1-9(6-10(2)16-3)7-11-4-5-12(15)8-13(11)14/h4-5,8-10,16H,6-7H2,1-3H3. The van der Waals surface area contributed by atoms with Gasteiger partial charge in [-0.25, -0.2) is 4.39 Å². The molecule has 0 saturated heterocycles. The van der Waals surface area contributed by atoms with Gasteiger partial charge in [-0.2, -0.15) is 0 Å². The maximum atomic E-state index is 12.9. The largest absolute Gasteiger partial charge is 0.317 e. The van der Waals surface area contributed by atoms with Gasteiger partial charge in [-0.1, -0.05) is 28.9 Å². The Balaban J connectivity index is 2.59. The molecule has 0 amide bonds. The summed E-state index contributed by atoms with van der Waals surface area (Å²) in [5.74, 6) is 0.399. The van der Waals surface area contributed by atoms with Crippen LogP contribution in [0.2, 0.25) is 0 Å². The van der Waals surface area contributed by atoms with E-state index in [0.717, 1.165) is 17.3 Å². The Morgan fingerprint density at radius 2 is 2.06 bits per heavy atom. The van der Waals surface area contributed by atoms with Crippen molar-refractivity contribution in [1.29, 1.82) is 0 Å². The molecule has 0 aliphatic rings. The first-order chi connectivity index (χ1) is 7.52. The fourth-order valence-corrected chi connectivity index (χ4v) is 2.38. The van der Waals surface area contributed by atoms with Crippen molar-refractivity contribution in [2.75, 3.05) is 7.05 Å². The number of hydrogen-bond donors (Lipinski definition) is 1. The first-order valence-corrected chi connectivity index (χ1v) is 6.43. The van der Waals surface area contributed by atoms with Crippen LogP contribution in [0, 0.1) is 11.7 Å². The predicted molar refractivity (Wildman–Crippen MR) is 70.1 cm³/mol. The van der Waals surface area contributed by atoms with Crippen LogP contribution in [0.15, 0.2) is 22.7 Å². The number of hydrogen-bond acceptors (Lipinski definition) is 1. The average Bonchev–Trinajstić information content (AvgIpc) is 2.22. The monoisotopic (exact) mass is 287 g/mol. The third kappa shape index (κ3) is 4.22. The van der Waals surface area contributed by atoms with Gasteiger partial charge >= 0.3 is 0 Å². The summed E-state index contributed by atoms with van der Waals surface area (Å²) in [6.45, 7) is 4.40. The predicted octanol–water partition coefficient (Wildman–Crippen LogP) is 3.76. The van der Waals surface area contributed by atoms with E-state index in [1.54, 1.807) is 0 Å². The highest BCUT2D eigenvalue weighted by Crippen LogP contribution is 2.22. The van der Waals surface area contributed by atoms with Gasteiger partial charge in [0, 0.05) is 10.5 Å². The van der Waals surface area contributed by atoms with E-state index in [2.05, 4.69) is 35.1 Å². The third-order valence-corrected chi connectivity index (χ3v) is 3.57. The molecule has 0 aromatic heterocycles. The maximum absolute atomic E-state index is 12.9. The van der Waals surface area contributed by atoms with Gasteiger partial charge < -0.3 is 5.32 Å². The van der Waals surface area contributed by atoms with Gasteiger partial charge in [0.25, 0.3) is 0 Å². The second-order valence-corrected chi connectivity index (χ2v) is 5.32. The van der Waals surface area contributed by atoms with E-state index in [-0.39, 0.29) is 5.82 Å². The van der Waals surface area contributed by atoms with Crippen molar-refractivity contribution in [3.63, 3.8) is 0 Å². The second-order valence-electron chi connectivity index (χ2n) is 4.47. The Morgan fingerprint density at radius 1 is 1.38 bits per heavy atom. The van der Waals surface area contributed by atoms with E-state index >= 15 is 0 Å². The fourth-order valence-electron chi connectivity index (χ4n) is 1.87. The number of benzene rings is 1. The minimum absolute atomic E-state index is 0.188. The Kier molecular flexibility index (Phi) is 5.42. The zero-order valence-corrected chi connectivity index (χ0v) is 11.6. The summed E-state index contributed by atoms with van der Waals surface area (Å²) in [5.41, 5.74) is 1.18. The molecule has 0 aliphatic heterocycles. The molecule has 0 bridgehead atoms. The summed E-state index contributed by atoms with van der Waals surface area (Å²) < 4.78 is 13.8. The van der Waals surface area contributed by atoms with Gasteiger partial charge in [-0.15, -0.1) is 0 Å². The molecule has 2 unspecified atom stereocenters. The molecule has 0 saturated carbocycles. The lowest BCUT2D eigenvalue weighted by molar-refractivity contribution is 0.439. The van der Waals surface area contributed by atoms with Gasteiger partial charge in [-0.05, 0) is 50.4 Å². The topological polar surface area (TPSA) is 12.0 Å². The summed E-state index contributed by atoms with van der Waals surface area (Å²) in [5, 5.41) is 3.23. The third-order valence-electron chi connectivity index (χ3n) is 2.83. The first-order valence-electron chi connectivity index (χ1n) is 5.64. The normalized spacial score (nSPS) is 14.8. The molecule has 2 atom stereocenters. The number of halogens is 2. The van der Waals surface area contributed by atoms with E-state index in [0.29, 0.717) is 12.0 Å². The zero-order chi connectivity index (χ0) is 12.1. The van der Waals surface area contributed by atoms with Crippen molar-refractivity contribution in [2.24, 2.45) is 5.92 Å². The molecule has 0 radical (unpaired) electrons. The van der Waals surface area contributed by atoms with Gasteiger partial charge in [0.05, 0.1) is 0 Å². The van der Waals surface area contributed by atoms with E-state index in [1.165, 1.54) is 17.7 Å². The summed E-state index contributed by atoms with van der Waals surface area (Å²) in [7, 11) is 1.98. The van der Waals surface area contributed by atoms with Gasteiger partial charge in [0.1, 0.15) is 5.82 Å². The Bertz CT molecular complexity index is 341. The molecule has 1 rings (SSSR count). The minimum Gasteiger partial charge on any atom is -0.317 e. The van der Waals surface area contributed by atoms with Gasteiger partial charge in [0.15, 0.2) is 0 Å². The number of rotatable bonds is 5. The summed E-state index contributed by atoms with van der Waals surface area (Å²) in [6, 6.07) is 5.44. The Labute approximate surface area is 106 Å². The quantitative estimate of drug-likeness (QED) is 0.869. The van der Waals surface area contributed by atoms with Crippen LogP contribution >= 0.6 is 15.9 Å². The summed E-state index contributed by atoms with van der Waals surface area (Å²) in [6.07, 6.45) is 2.10. The molecule has 0 aliphatic carbocycles. The lowest BCUT2D eigenvalue weighted by Crippen LogP contribution is -2.24. The van der Waals surface area contributed by atoms with E-state index < -0.39 is 0 Å². The fraction of sp³-hybridized carbons (Fsp3) is 0.538. The first kappa shape index (κ1) is 13.7. The van der Waals surface area contributed by atoms with Crippen LogP contribution in [0.4, 0.5) is 4.39 Å². The highest BCUT2D eigenvalue weighted by atomic mass is 79.9. The Hall–Kier alpha value is -0.410. The van der Waals surface area contributed by atoms with Crippen LogP contribution < -0.4 is 5.32 Å². The smallest absolute Gasteiger partial charge is 0.124 e. The molecule has 0 fully saturated rings. The second kappa shape index (κ2) is 6.36. The molecular weight excluding hydrogens is 269 g/mol. The highest BCUT2D eigenvalue weighted by Gasteiger charge is 2.10. The molecule has 0 spiro atoms. The van der Waals surface area contributed by atoms with E-state index in [9.17, 15) is 4.39 Å². The van der Waals surface area contributed by atoms with E-state index in [1.807, 2.05) is 13.1 Å². The van der Waals surface area contributed by atoms with Crippen LogP contribution in [0.3, 0.4) is 0 Å². The lowest BCUT2D eigenvalue weighted by Gasteiger charge is -2.17. The molecule has 90 valence electrons. The van der Waals surface area contributed by atoms with Crippen molar-refractivity contribution in [3.05, 3.63) is 34.1 Å². The molecule has 0 heterocycles. The molecule has 1 aromatic carbocycles. The molecule has 3 heteroatoms. The van der Waals surface area contributed by atoms with Gasteiger partial charge in [0.2, 0.25) is 0 Å². The maximum Gasteiger partial charge on any atom is 0.124 e. The van der Waals surface area contributed by atoms with Crippen molar-refractivity contribution < 1.29 is 4.39 Å². The van der Waals surface area contributed by atoms with Crippen molar-refractivity contribution in [1.82, 2.24) is 5.32 Å². The lowest BCUT2D eigenvalue weighted by atomic mass is 9.95. The van der Waals surface area contributed by atoms with Crippen molar-refractivity contribution >= 4 is 15.9 Å². The minimum atomic E-state index is -0.188. The van der Waals surface area contributed by atoms with Gasteiger partial charge in [-0.3, -0.25) is 0 Å².